The molecule has 1 saturated heterocycles. The van der Waals surface area contributed by atoms with Crippen LogP contribution in [0.5, 0.6) is 0 Å². The number of hydrogen-bond acceptors (Lipinski definition) is 2. The maximum Gasteiger partial charge on any atom is 0.224 e. The first-order valence-corrected chi connectivity index (χ1v) is 5.80. The van der Waals surface area contributed by atoms with E-state index in [-0.39, 0.29) is 17.9 Å². The van der Waals surface area contributed by atoms with Crippen molar-refractivity contribution in [3.63, 3.8) is 0 Å². The lowest BCUT2D eigenvalue weighted by Crippen LogP contribution is -2.36. The minimum absolute atomic E-state index is 0.213. The average Bonchev–Trinajstić information content (AvgIpc) is 2.61. The van der Waals surface area contributed by atoms with E-state index >= 15 is 0 Å². The molecule has 1 heterocycles. The minimum atomic E-state index is 0.213. The van der Waals surface area contributed by atoms with E-state index in [0.717, 1.165) is 18.5 Å². The molecule has 1 N–H and O–H groups in total. The second-order valence-electron chi connectivity index (χ2n) is 3.95. The van der Waals surface area contributed by atoms with E-state index in [1.165, 1.54) is 0 Å². The summed E-state index contributed by atoms with van der Waals surface area (Å²) in [6.45, 7) is 3.57. The summed E-state index contributed by atoms with van der Waals surface area (Å²) in [5.74, 6) is 1.49. The number of fused-ring (bicyclic) bond motifs is 1. The van der Waals surface area contributed by atoms with Gasteiger partial charge in [-0.15, -0.1) is 0 Å². The highest BCUT2D eigenvalue weighted by atomic mass is 79.9. The number of nitrogens with one attached hydrogen (secondary N) is 1. The molecular formula is C9H14BrNO2. The van der Waals surface area contributed by atoms with Gasteiger partial charge in [0, 0.05) is 17.3 Å². The van der Waals surface area contributed by atoms with E-state index in [2.05, 4.69) is 21.2 Å². The van der Waals surface area contributed by atoms with Crippen molar-refractivity contribution in [1.82, 2.24) is 5.32 Å². The molecule has 0 spiro atoms. The van der Waals surface area contributed by atoms with E-state index < -0.39 is 0 Å². The van der Waals surface area contributed by atoms with Gasteiger partial charge < -0.3 is 10.1 Å². The molecule has 0 aromatic heterocycles. The van der Waals surface area contributed by atoms with Gasteiger partial charge in [0.1, 0.15) is 0 Å². The maximum atomic E-state index is 11.6. The summed E-state index contributed by atoms with van der Waals surface area (Å²) >= 11 is 3.33. The van der Waals surface area contributed by atoms with Gasteiger partial charge in [-0.05, 0) is 18.8 Å². The van der Waals surface area contributed by atoms with E-state index in [9.17, 15) is 4.79 Å². The highest BCUT2D eigenvalue weighted by molar-refractivity contribution is 9.09. The smallest absolute Gasteiger partial charge is 0.224 e. The number of alkyl halides is 1. The SMILES string of the molecule is CC(CBr)NC(=O)C1C2COCC21. The molecule has 1 amide bonds. The molecule has 4 heteroatoms. The Labute approximate surface area is 86.3 Å². The molecule has 1 aliphatic heterocycles. The van der Waals surface area contributed by atoms with Crippen molar-refractivity contribution in [2.45, 2.75) is 13.0 Å². The molecule has 1 saturated carbocycles. The zero-order valence-corrected chi connectivity index (χ0v) is 9.21. The number of carbonyl (C=O) groups is 1. The predicted octanol–water partition coefficient (Wildman–Crippen LogP) is 0.778. The van der Waals surface area contributed by atoms with Gasteiger partial charge in [0.25, 0.3) is 0 Å². The number of rotatable bonds is 3. The maximum absolute atomic E-state index is 11.6. The van der Waals surface area contributed by atoms with Crippen LogP contribution in [-0.2, 0) is 9.53 Å². The molecule has 3 atom stereocenters. The van der Waals surface area contributed by atoms with Crippen molar-refractivity contribution in [3.8, 4) is 0 Å². The fraction of sp³-hybridized carbons (Fsp3) is 0.889. The van der Waals surface area contributed by atoms with Crippen molar-refractivity contribution < 1.29 is 9.53 Å². The van der Waals surface area contributed by atoms with Crippen LogP contribution in [-0.4, -0.2) is 30.5 Å². The monoisotopic (exact) mass is 247 g/mol. The lowest BCUT2D eigenvalue weighted by atomic mass is 10.2. The number of carbonyl (C=O) groups excluding carboxylic acids is 1. The fourth-order valence-electron chi connectivity index (χ4n) is 2.01. The van der Waals surface area contributed by atoms with E-state index in [0.29, 0.717) is 11.8 Å². The molecule has 13 heavy (non-hydrogen) atoms. The van der Waals surface area contributed by atoms with Gasteiger partial charge in [0.05, 0.1) is 13.2 Å². The number of amides is 1. The first-order valence-electron chi connectivity index (χ1n) is 4.68. The minimum Gasteiger partial charge on any atom is -0.381 e. The van der Waals surface area contributed by atoms with Crippen molar-refractivity contribution in [2.75, 3.05) is 18.5 Å². The quantitative estimate of drug-likeness (QED) is 0.749. The summed E-state index contributed by atoms with van der Waals surface area (Å²) in [5.41, 5.74) is 0. The van der Waals surface area contributed by atoms with Crippen molar-refractivity contribution in [3.05, 3.63) is 0 Å². The van der Waals surface area contributed by atoms with Gasteiger partial charge in [0.2, 0.25) is 5.91 Å². The summed E-state index contributed by atoms with van der Waals surface area (Å²) in [5, 5.41) is 3.80. The van der Waals surface area contributed by atoms with Crippen LogP contribution in [0.25, 0.3) is 0 Å². The number of ether oxygens (including phenoxy) is 1. The van der Waals surface area contributed by atoms with Gasteiger partial charge in [0.15, 0.2) is 0 Å². The largest absolute Gasteiger partial charge is 0.381 e. The lowest BCUT2D eigenvalue weighted by Gasteiger charge is -2.11. The highest BCUT2D eigenvalue weighted by Gasteiger charge is 2.57. The van der Waals surface area contributed by atoms with Crippen LogP contribution in [0.1, 0.15) is 6.92 Å². The van der Waals surface area contributed by atoms with Crippen LogP contribution in [0, 0.1) is 17.8 Å². The second-order valence-corrected chi connectivity index (χ2v) is 4.60. The molecule has 0 bridgehead atoms. The zero-order chi connectivity index (χ0) is 9.42. The van der Waals surface area contributed by atoms with Crippen LogP contribution in [0.15, 0.2) is 0 Å². The van der Waals surface area contributed by atoms with Gasteiger partial charge in [-0.3, -0.25) is 4.79 Å². The average molecular weight is 248 g/mol. The third-order valence-electron chi connectivity index (χ3n) is 2.88. The molecule has 3 unspecified atom stereocenters. The van der Waals surface area contributed by atoms with Crippen LogP contribution in [0.3, 0.4) is 0 Å². The molecule has 2 aliphatic rings. The first-order chi connectivity index (χ1) is 6.24. The third kappa shape index (κ3) is 1.74. The standard InChI is InChI=1S/C9H14BrNO2/c1-5(2-10)11-9(12)8-6-3-13-4-7(6)8/h5-8H,2-4H2,1H3,(H,11,12). The van der Waals surface area contributed by atoms with Crippen LogP contribution >= 0.6 is 15.9 Å². The number of hydrogen-bond donors (Lipinski definition) is 1. The summed E-state index contributed by atoms with van der Waals surface area (Å²) < 4.78 is 5.23. The molecule has 0 aromatic rings. The van der Waals surface area contributed by atoms with Crippen LogP contribution < -0.4 is 5.32 Å². The van der Waals surface area contributed by atoms with Crippen LogP contribution in [0.2, 0.25) is 0 Å². The Bertz CT molecular complexity index is 212. The Morgan fingerprint density at radius 2 is 2.23 bits per heavy atom. The summed E-state index contributed by atoms with van der Waals surface area (Å²) in [4.78, 5) is 11.6. The molecular weight excluding hydrogens is 234 g/mol. The normalized spacial score (nSPS) is 38.2. The predicted molar refractivity (Wildman–Crippen MR) is 52.7 cm³/mol. The first kappa shape index (κ1) is 9.46. The van der Waals surface area contributed by atoms with Gasteiger partial charge in [-0.25, -0.2) is 0 Å². The fourth-order valence-corrected chi connectivity index (χ4v) is 2.17. The molecule has 74 valence electrons. The Morgan fingerprint density at radius 3 is 2.77 bits per heavy atom. The summed E-state index contributed by atoms with van der Waals surface area (Å²) in [6.07, 6.45) is 0. The number of halogens is 1. The topological polar surface area (TPSA) is 38.3 Å². The Hall–Kier alpha value is -0.0900. The Kier molecular flexibility index (Phi) is 2.60. The van der Waals surface area contributed by atoms with Crippen molar-refractivity contribution in [1.29, 1.82) is 0 Å². The molecule has 1 aliphatic carbocycles. The lowest BCUT2D eigenvalue weighted by molar-refractivity contribution is -0.124. The van der Waals surface area contributed by atoms with Gasteiger partial charge in [-0.1, -0.05) is 15.9 Å². The summed E-state index contributed by atoms with van der Waals surface area (Å²) in [7, 11) is 0. The van der Waals surface area contributed by atoms with Crippen molar-refractivity contribution in [2.24, 2.45) is 17.8 Å². The zero-order valence-electron chi connectivity index (χ0n) is 7.63. The Balaban J connectivity index is 1.80. The van der Waals surface area contributed by atoms with Gasteiger partial charge in [-0.2, -0.15) is 0 Å². The molecule has 0 radical (unpaired) electrons. The third-order valence-corrected chi connectivity index (χ3v) is 3.85. The molecule has 2 fully saturated rings. The van der Waals surface area contributed by atoms with Crippen LogP contribution in [0.4, 0.5) is 0 Å². The molecule has 0 aromatic carbocycles. The van der Waals surface area contributed by atoms with E-state index in [1.807, 2.05) is 6.92 Å². The molecule has 2 rings (SSSR count). The second kappa shape index (κ2) is 3.58. The highest BCUT2D eigenvalue weighted by Crippen LogP contribution is 2.50. The Morgan fingerprint density at radius 1 is 1.62 bits per heavy atom. The van der Waals surface area contributed by atoms with Gasteiger partial charge >= 0.3 is 0 Å². The summed E-state index contributed by atoms with van der Waals surface area (Å²) in [6, 6.07) is 0.231. The van der Waals surface area contributed by atoms with Crippen molar-refractivity contribution >= 4 is 21.8 Å². The van der Waals surface area contributed by atoms with E-state index in [1.54, 1.807) is 0 Å². The molecule has 3 nitrogen and oxygen atoms in total. The van der Waals surface area contributed by atoms with E-state index in [4.69, 9.17) is 4.74 Å².